The Kier molecular flexibility index (Phi) is 6.77. The monoisotopic (exact) mass is 447 g/mol. The molecule has 3 aromatic rings. The summed E-state index contributed by atoms with van der Waals surface area (Å²) in [6.07, 6.45) is 2.81. The van der Waals surface area contributed by atoms with E-state index in [1.807, 2.05) is 43.3 Å². The SMILES string of the molecule is Cc1ccc(NC(=O)C2CCN(C(=O)CNC(=O)c3cc(-c4ccccc4)on3)CC2)nc1. The van der Waals surface area contributed by atoms with Crippen molar-refractivity contribution in [2.75, 3.05) is 25.0 Å². The Hall–Kier alpha value is -4.01. The van der Waals surface area contributed by atoms with Crippen LogP contribution in [0.2, 0.25) is 0 Å². The van der Waals surface area contributed by atoms with Gasteiger partial charge in [-0.15, -0.1) is 0 Å². The largest absolute Gasteiger partial charge is 0.355 e. The molecule has 9 heteroatoms. The summed E-state index contributed by atoms with van der Waals surface area (Å²) in [6.45, 7) is 2.70. The summed E-state index contributed by atoms with van der Waals surface area (Å²) in [4.78, 5) is 43.2. The quantitative estimate of drug-likeness (QED) is 0.600. The molecule has 3 heterocycles. The Morgan fingerprint density at radius 3 is 2.55 bits per heavy atom. The molecule has 1 aromatic carbocycles. The van der Waals surface area contributed by atoms with Crippen molar-refractivity contribution in [3.8, 4) is 11.3 Å². The minimum atomic E-state index is -0.478. The summed E-state index contributed by atoms with van der Waals surface area (Å²) >= 11 is 0. The van der Waals surface area contributed by atoms with Crippen molar-refractivity contribution < 1.29 is 18.9 Å². The first-order chi connectivity index (χ1) is 16.0. The first kappa shape index (κ1) is 22.2. The molecular formula is C24H25N5O4. The Morgan fingerprint density at radius 1 is 1.09 bits per heavy atom. The van der Waals surface area contributed by atoms with Gasteiger partial charge in [0.1, 0.15) is 5.82 Å². The minimum absolute atomic E-state index is 0.0907. The average molecular weight is 447 g/mol. The molecule has 2 aromatic heterocycles. The number of nitrogens with one attached hydrogen (secondary N) is 2. The first-order valence-electron chi connectivity index (χ1n) is 10.8. The van der Waals surface area contributed by atoms with E-state index >= 15 is 0 Å². The van der Waals surface area contributed by atoms with Crippen LogP contribution in [0, 0.1) is 12.8 Å². The molecule has 170 valence electrons. The lowest BCUT2D eigenvalue weighted by atomic mass is 9.96. The summed E-state index contributed by atoms with van der Waals surface area (Å²) in [5, 5.41) is 9.21. The van der Waals surface area contributed by atoms with Crippen LogP contribution < -0.4 is 10.6 Å². The molecule has 0 radical (unpaired) electrons. The number of amides is 3. The van der Waals surface area contributed by atoms with Gasteiger partial charge < -0.3 is 20.1 Å². The molecule has 9 nitrogen and oxygen atoms in total. The third kappa shape index (κ3) is 5.62. The zero-order valence-corrected chi connectivity index (χ0v) is 18.3. The first-order valence-corrected chi connectivity index (χ1v) is 10.8. The number of benzene rings is 1. The Bertz CT molecular complexity index is 1120. The maximum Gasteiger partial charge on any atom is 0.273 e. The fraction of sp³-hybridized carbons (Fsp3) is 0.292. The number of hydrogen-bond donors (Lipinski definition) is 2. The molecule has 0 unspecified atom stereocenters. The smallest absolute Gasteiger partial charge is 0.273 e. The summed E-state index contributed by atoms with van der Waals surface area (Å²) in [5.41, 5.74) is 1.94. The van der Waals surface area contributed by atoms with Crippen molar-refractivity contribution >= 4 is 23.5 Å². The summed E-state index contributed by atoms with van der Waals surface area (Å²) in [7, 11) is 0. The van der Waals surface area contributed by atoms with Crippen molar-refractivity contribution in [1.29, 1.82) is 0 Å². The van der Waals surface area contributed by atoms with Gasteiger partial charge in [0, 0.05) is 36.8 Å². The minimum Gasteiger partial charge on any atom is -0.355 e. The predicted octanol–water partition coefficient (Wildman–Crippen LogP) is 2.65. The van der Waals surface area contributed by atoms with E-state index in [0.717, 1.165) is 11.1 Å². The molecule has 4 rings (SSSR count). The number of pyridine rings is 1. The maximum atomic E-state index is 12.5. The van der Waals surface area contributed by atoms with E-state index in [1.54, 1.807) is 23.2 Å². The third-order valence-electron chi connectivity index (χ3n) is 5.58. The van der Waals surface area contributed by atoms with Crippen molar-refractivity contribution in [2.45, 2.75) is 19.8 Å². The second kappa shape index (κ2) is 10.1. The standard InChI is InChI=1S/C24H25N5O4/c1-16-7-8-21(25-14-16)27-23(31)18-9-11-29(12-10-18)22(30)15-26-24(32)19-13-20(33-28-19)17-5-3-2-4-6-17/h2-8,13-14,18H,9-12,15H2,1H3,(H,26,32)(H,25,27,31). The number of carbonyl (C=O) groups excluding carboxylic acids is 3. The highest BCUT2D eigenvalue weighted by Gasteiger charge is 2.28. The molecule has 1 aliphatic rings. The molecule has 0 spiro atoms. The van der Waals surface area contributed by atoms with E-state index in [0.29, 0.717) is 37.5 Å². The number of rotatable bonds is 6. The lowest BCUT2D eigenvalue weighted by Crippen LogP contribution is -2.45. The number of aromatic nitrogens is 2. The average Bonchev–Trinajstić information content (AvgIpc) is 3.35. The van der Waals surface area contributed by atoms with Crippen LogP contribution in [0.1, 0.15) is 28.9 Å². The number of hydrogen-bond acceptors (Lipinski definition) is 6. The molecule has 2 N–H and O–H groups in total. The van der Waals surface area contributed by atoms with Crippen molar-refractivity contribution in [1.82, 2.24) is 20.4 Å². The van der Waals surface area contributed by atoms with Crippen LogP contribution in [0.3, 0.4) is 0 Å². The molecule has 3 amide bonds. The van der Waals surface area contributed by atoms with Gasteiger partial charge in [0.05, 0.1) is 6.54 Å². The number of aryl methyl sites for hydroxylation is 1. The number of anilines is 1. The van der Waals surface area contributed by atoms with E-state index in [2.05, 4.69) is 20.8 Å². The number of piperidine rings is 1. The highest BCUT2D eigenvalue weighted by Crippen LogP contribution is 2.20. The fourth-order valence-corrected chi connectivity index (χ4v) is 3.64. The van der Waals surface area contributed by atoms with Crippen LogP contribution in [0.5, 0.6) is 0 Å². The molecular weight excluding hydrogens is 422 g/mol. The topological polar surface area (TPSA) is 117 Å². The van der Waals surface area contributed by atoms with Crippen LogP contribution in [0.4, 0.5) is 5.82 Å². The fourth-order valence-electron chi connectivity index (χ4n) is 3.64. The van der Waals surface area contributed by atoms with Crippen LogP contribution in [-0.4, -0.2) is 52.4 Å². The molecule has 0 aliphatic carbocycles. The Balaban J connectivity index is 1.22. The number of carbonyl (C=O) groups is 3. The highest BCUT2D eigenvalue weighted by molar-refractivity contribution is 5.95. The van der Waals surface area contributed by atoms with Gasteiger partial charge in [-0.3, -0.25) is 14.4 Å². The second-order valence-corrected chi connectivity index (χ2v) is 7.99. The van der Waals surface area contributed by atoms with Crippen LogP contribution >= 0.6 is 0 Å². The summed E-state index contributed by atoms with van der Waals surface area (Å²) < 4.78 is 5.23. The predicted molar refractivity (Wildman–Crippen MR) is 121 cm³/mol. The van der Waals surface area contributed by atoms with E-state index < -0.39 is 5.91 Å². The van der Waals surface area contributed by atoms with Gasteiger partial charge in [0.2, 0.25) is 11.8 Å². The number of likely N-dealkylation sites (tertiary alicyclic amines) is 1. The summed E-state index contributed by atoms with van der Waals surface area (Å²) in [6, 6.07) is 14.5. The van der Waals surface area contributed by atoms with Gasteiger partial charge in [-0.05, 0) is 31.4 Å². The van der Waals surface area contributed by atoms with Gasteiger partial charge in [0.15, 0.2) is 11.5 Å². The lowest BCUT2D eigenvalue weighted by molar-refractivity contribution is -0.133. The third-order valence-corrected chi connectivity index (χ3v) is 5.58. The zero-order chi connectivity index (χ0) is 23.2. The van der Waals surface area contributed by atoms with Crippen LogP contribution in [0.15, 0.2) is 59.3 Å². The number of nitrogens with zero attached hydrogens (tertiary/aromatic N) is 3. The van der Waals surface area contributed by atoms with Gasteiger partial charge in [-0.2, -0.15) is 0 Å². The lowest BCUT2D eigenvalue weighted by Gasteiger charge is -2.31. The van der Waals surface area contributed by atoms with Crippen molar-refractivity contribution in [3.05, 3.63) is 66.0 Å². The molecule has 1 saturated heterocycles. The van der Waals surface area contributed by atoms with Gasteiger partial charge >= 0.3 is 0 Å². The van der Waals surface area contributed by atoms with Gasteiger partial charge in [-0.1, -0.05) is 41.6 Å². The highest BCUT2D eigenvalue weighted by atomic mass is 16.5. The molecule has 0 atom stereocenters. The maximum absolute atomic E-state index is 12.5. The van der Waals surface area contributed by atoms with E-state index in [1.165, 1.54) is 0 Å². The van der Waals surface area contributed by atoms with E-state index in [-0.39, 0.29) is 30.0 Å². The van der Waals surface area contributed by atoms with Gasteiger partial charge in [-0.25, -0.2) is 4.98 Å². The van der Waals surface area contributed by atoms with Crippen LogP contribution in [-0.2, 0) is 9.59 Å². The Labute approximate surface area is 191 Å². The Morgan fingerprint density at radius 2 is 1.85 bits per heavy atom. The molecule has 33 heavy (non-hydrogen) atoms. The molecule has 1 aliphatic heterocycles. The second-order valence-electron chi connectivity index (χ2n) is 7.99. The van der Waals surface area contributed by atoms with Crippen molar-refractivity contribution in [2.24, 2.45) is 5.92 Å². The van der Waals surface area contributed by atoms with E-state index in [9.17, 15) is 14.4 Å². The summed E-state index contributed by atoms with van der Waals surface area (Å²) in [5.74, 6) is 0.0528. The van der Waals surface area contributed by atoms with Gasteiger partial charge in [0.25, 0.3) is 5.91 Å². The van der Waals surface area contributed by atoms with E-state index in [4.69, 9.17) is 4.52 Å². The normalized spacial score (nSPS) is 14.0. The molecule has 0 bridgehead atoms. The van der Waals surface area contributed by atoms with Crippen LogP contribution in [0.25, 0.3) is 11.3 Å². The molecule has 1 fully saturated rings. The van der Waals surface area contributed by atoms with Crippen molar-refractivity contribution in [3.63, 3.8) is 0 Å². The molecule has 0 saturated carbocycles. The zero-order valence-electron chi connectivity index (χ0n) is 18.3.